The number of methoxy groups -OCH3 is 1. The van der Waals surface area contributed by atoms with Gasteiger partial charge in [-0.2, -0.15) is 0 Å². The zero-order valence-electron chi connectivity index (χ0n) is 19.0. The molecule has 3 aromatic rings. The standard InChI is InChI=1S/C24H24N2O7S/c1-14(2)20-13-21(25-24(28)16-5-7-17(8-6-16)26(29)30)15(3)23(22(20)27)34(31,32)19-11-9-18(33-4)10-12-19/h5-14,27H,1-4H3,(H,25,28). The van der Waals surface area contributed by atoms with Crippen molar-refractivity contribution in [3.8, 4) is 11.5 Å². The van der Waals surface area contributed by atoms with Crippen molar-refractivity contribution < 1.29 is 28.0 Å². The van der Waals surface area contributed by atoms with E-state index in [0.717, 1.165) is 0 Å². The second-order valence-corrected chi connectivity index (χ2v) is 9.79. The van der Waals surface area contributed by atoms with Crippen LogP contribution >= 0.6 is 0 Å². The SMILES string of the molecule is COc1ccc(S(=O)(=O)c2c(C)c(NC(=O)c3ccc([N+](=O)[O-])cc3)cc(C(C)C)c2O)cc1. The van der Waals surface area contributed by atoms with Crippen LogP contribution in [0.2, 0.25) is 0 Å². The van der Waals surface area contributed by atoms with Gasteiger partial charge >= 0.3 is 0 Å². The molecule has 2 N–H and O–H groups in total. The Balaban J connectivity index is 2.10. The Morgan fingerprint density at radius 2 is 1.68 bits per heavy atom. The fourth-order valence-electron chi connectivity index (χ4n) is 3.46. The highest BCUT2D eigenvalue weighted by molar-refractivity contribution is 7.91. The minimum atomic E-state index is -4.15. The van der Waals surface area contributed by atoms with Crippen molar-refractivity contribution in [2.75, 3.05) is 12.4 Å². The van der Waals surface area contributed by atoms with Crippen molar-refractivity contribution in [1.29, 1.82) is 0 Å². The van der Waals surface area contributed by atoms with Crippen LogP contribution in [-0.2, 0) is 9.84 Å². The maximum Gasteiger partial charge on any atom is 0.269 e. The summed E-state index contributed by atoms with van der Waals surface area (Å²) in [4.78, 5) is 22.7. The molecule has 0 spiro atoms. The number of non-ortho nitro benzene ring substituents is 1. The summed E-state index contributed by atoms with van der Waals surface area (Å²) >= 11 is 0. The summed E-state index contributed by atoms with van der Waals surface area (Å²) in [5, 5.41) is 24.4. The molecule has 0 unspecified atom stereocenters. The monoisotopic (exact) mass is 484 g/mol. The van der Waals surface area contributed by atoms with E-state index in [0.29, 0.717) is 11.3 Å². The molecule has 0 heterocycles. The molecule has 3 aromatic carbocycles. The molecule has 0 radical (unpaired) electrons. The number of nitrogens with zero attached hydrogens (tertiary/aromatic N) is 1. The number of nitro groups is 1. The molecule has 0 aliphatic heterocycles. The maximum atomic E-state index is 13.5. The first-order valence-electron chi connectivity index (χ1n) is 10.3. The average Bonchev–Trinajstić information content (AvgIpc) is 2.80. The normalized spacial score (nSPS) is 11.3. The largest absolute Gasteiger partial charge is 0.506 e. The highest BCUT2D eigenvalue weighted by atomic mass is 32.2. The summed E-state index contributed by atoms with van der Waals surface area (Å²) in [6.45, 7) is 5.07. The van der Waals surface area contributed by atoms with Crippen LogP contribution in [0.4, 0.5) is 11.4 Å². The lowest BCUT2D eigenvalue weighted by atomic mass is 9.99. The third kappa shape index (κ3) is 4.72. The van der Waals surface area contributed by atoms with Crippen LogP contribution < -0.4 is 10.1 Å². The summed E-state index contributed by atoms with van der Waals surface area (Å²) in [5.41, 5.74) is 0.706. The van der Waals surface area contributed by atoms with E-state index in [2.05, 4.69) is 5.32 Å². The van der Waals surface area contributed by atoms with Gasteiger partial charge in [0, 0.05) is 23.4 Å². The number of aromatic hydroxyl groups is 1. The Hall–Kier alpha value is -3.92. The molecule has 0 bridgehead atoms. The Morgan fingerprint density at radius 3 is 2.18 bits per heavy atom. The summed E-state index contributed by atoms with van der Waals surface area (Å²) in [7, 11) is -2.69. The molecule has 1 amide bonds. The molecule has 0 saturated carbocycles. The van der Waals surface area contributed by atoms with Gasteiger partial charge in [-0.25, -0.2) is 8.42 Å². The zero-order chi connectivity index (χ0) is 25.2. The minimum absolute atomic E-state index is 0.0414. The van der Waals surface area contributed by atoms with Crippen LogP contribution in [0.3, 0.4) is 0 Å². The van der Waals surface area contributed by atoms with Crippen LogP contribution in [0.25, 0.3) is 0 Å². The highest BCUT2D eigenvalue weighted by Gasteiger charge is 2.29. The van der Waals surface area contributed by atoms with Crippen molar-refractivity contribution in [3.05, 3.63) is 81.4 Å². The van der Waals surface area contributed by atoms with Crippen molar-refractivity contribution in [2.45, 2.75) is 36.5 Å². The first-order valence-corrected chi connectivity index (χ1v) is 11.8. The summed E-state index contributed by atoms with van der Waals surface area (Å²) in [6, 6.07) is 12.3. The van der Waals surface area contributed by atoms with E-state index in [1.165, 1.54) is 68.6 Å². The number of phenols is 1. The number of carbonyl (C=O) groups excluding carboxylic acids is 1. The molecular weight excluding hydrogens is 460 g/mol. The van der Waals surface area contributed by atoms with Gasteiger partial charge in [0.05, 0.1) is 16.9 Å². The van der Waals surface area contributed by atoms with Crippen molar-refractivity contribution in [1.82, 2.24) is 0 Å². The van der Waals surface area contributed by atoms with Crippen LogP contribution in [0, 0.1) is 17.0 Å². The Morgan fingerprint density at radius 1 is 1.09 bits per heavy atom. The smallest absolute Gasteiger partial charge is 0.269 e. The zero-order valence-corrected chi connectivity index (χ0v) is 19.8. The summed E-state index contributed by atoms with van der Waals surface area (Å²) < 4.78 is 32.0. The number of nitro benzene ring substituents is 1. The summed E-state index contributed by atoms with van der Waals surface area (Å²) in [6.07, 6.45) is 0. The van der Waals surface area contributed by atoms with Crippen molar-refractivity contribution in [3.63, 3.8) is 0 Å². The molecule has 0 aliphatic carbocycles. The van der Waals surface area contributed by atoms with Gasteiger partial charge < -0.3 is 15.2 Å². The van der Waals surface area contributed by atoms with E-state index in [4.69, 9.17) is 4.74 Å². The van der Waals surface area contributed by atoms with E-state index < -0.39 is 20.7 Å². The lowest BCUT2D eigenvalue weighted by Crippen LogP contribution is -2.15. The fraction of sp³-hybridized carbons (Fsp3) is 0.208. The number of anilines is 1. The Kier molecular flexibility index (Phi) is 6.92. The molecule has 34 heavy (non-hydrogen) atoms. The number of benzene rings is 3. The van der Waals surface area contributed by atoms with E-state index in [1.807, 2.05) is 0 Å². The number of carbonyl (C=O) groups is 1. The van der Waals surface area contributed by atoms with E-state index in [-0.39, 0.29) is 44.0 Å². The third-order valence-electron chi connectivity index (χ3n) is 5.38. The van der Waals surface area contributed by atoms with Gasteiger partial charge in [-0.15, -0.1) is 0 Å². The molecule has 178 valence electrons. The van der Waals surface area contributed by atoms with Crippen molar-refractivity contribution >= 4 is 27.1 Å². The van der Waals surface area contributed by atoms with Crippen LogP contribution in [0.15, 0.2) is 64.4 Å². The molecule has 10 heteroatoms. The molecule has 0 aromatic heterocycles. The van der Waals surface area contributed by atoms with Crippen LogP contribution in [0.1, 0.15) is 41.3 Å². The average molecular weight is 485 g/mol. The Bertz CT molecular complexity index is 1350. The number of phenolic OH excluding ortho intramolecular Hbond substituents is 1. The Labute approximate surface area is 197 Å². The quantitative estimate of drug-likeness (QED) is 0.279. The number of ether oxygens (including phenoxy) is 1. The topological polar surface area (TPSA) is 136 Å². The molecular formula is C24H24N2O7S. The third-order valence-corrected chi connectivity index (χ3v) is 7.31. The van der Waals surface area contributed by atoms with Gasteiger partial charge in [0.15, 0.2) is 0 Å². The van der Waals surface area contributed by atoms with E-state index in [9.17, 15) is 28.4 Å². The fourth-order valence-corrected chi connectivity index (χ4v) is 5.08. The molecule has 0 saturated heterocycles. The lowest BCUT2D eigenvalue weighted by molar-refractivity contribution is -0.384. The van der Waals surface area contributed by atoms with Gasteiger partial charge in [-0.1, -0.05) is 13.8 Å². The highest BCUT2D eigenvalue weighted by Crippen LogP contribution is 2.41. The molecule has 0 atom stereocenters. The second kappa shape index (κ2) is 9.52. The van der Waals surface area contributed by atoms with E-state index in [1.54, 1.807) is 13.8 Å². The van der Waals surface area contributed by atoms with Crippen LogP contribution in [0.5, 0.6) is 11.5 Å². The molecule has 9 nitrogen and oxygen atoms in total. The predicted octanol–water partition coefficient (Wildman–Crippen LogP) is 4.83. The maximum absolute atomic E-state index is 13.5. The van der Waals surface area contributed by atoms with Gasteiger partial charge in [0.1, 0.15) is 16.4 Å². The molecule has 0 fully saturated rings. The molecule has 0 aliphatic rings. The van der Waals surface area contributed by atoms with Gasteiger partial charge in [-0.05, 0) is 66.4 Å². The van der Waals surface area contributed by atoms with Crippen molar-refractivity contribution in [2.24, 2.45) is 0 Å². The first kappa shape index (κ1) is 24.7. The van der Waals surface area contributed by atoms with Gasteiger partial charge in [0.2, 0.25) is 9.84 Å². The number of hydrogen-bond donors (Lipinski definition) is 2. The number of nitrogens with one attached hydrogen (secondary N) is 1. The van der Waals surface area contributed by atoms with Crippen LogP contribution in [-0.4, -0.2) is 31.5 Å². The minimum Gasteiger partial charge on any atom is -0.506 e. The number of hydrogen-bond acceptors (Lipinski definition) is 7. The van der Waals surface area contributed by atoms with E-state index >= 15 is 0 Å². The lowest BCUT2D eigenvalue weighted by Gasteiger charge is -2.20. The van der Waals surface area contributed by atoms with Gasteiger partial charge in [0.25, 0.3) is 11.6 Å². The first-order chi connectivity index (χ1) is 16.0. The number of sulfone groups is 1. The number of amides is 1. The number of rotatable bonds is 7. The molecule has 3 rings (SSSR count). The predicted molar refractivity (Wildman–Crippen MR) is 126 cm³/mol. The summed E-state index contributed by atoms with van der Waals surface area (Å²) in [5.74, 6) is -0.727. The second-order valence-electron chi connectivity index (χ2n) is 7.91. The van der Waals surface area contributed by atoms with Gasteiger partial charge in [-0.3, -0.25) is 14.9 Å².